The fourth-order valence-electron chi connectivity index (χ4n) is 4.29. The fraction of sp³-hybridized carbons (Fsp3) is 0.455. The summed E-state index contributed by atoms with van der Waals surface area (Å²) in [7, 11) is 0. The molecule has 0 aromatic heterocycles. The number of piperidine rings is 1. The Morgan fingerprint density at radius 3 is 1.85 bits per heavy atom. The summed E-state index contributed by atoms with van der Waals surface area (Å²) in [5.41, 5.74) is 1.53. The highest BCUT2D eigenvalue weighted by molar-refractivity contribution is 6.30. The van der Waals surface area contributed by atoms with Crippen molar-refractivity contribution in [3.8, 4) is 0 Å². The van der Waals surface area contributed by atoms with Crippen LogP contribution in [0.25, 0.3) is 0 Å². The Labute approximate surface area is 166 Å². The monoisotopic (exact) mass is 391 g/mol. The second kappa shape index (κ2) is 7.90. The first kappa shape index (κ1) is 19.7. The van der Waals surface area contributed by atoms with Crippen molar-refractivity contribution in [3.63, 3.8) is 0 Å². The van der Waals surface area contributed by atoms with E-state index >= 15 is 0 Å². The van der Waals surface area contributed by atoms with Gasteiger partial charge in [0.1, 0.15) is 0 Å². The lowest BCUT2D eigenvalue weighted by molar-refractivity contribution is -0.105. The van der Waals surface area contributed by atoms with Gasteiger partial charge in [-0.2, -0.15) is 0 Å². The smallest absolute Gasteiger partial charge is 0.0709 e. The number of nitrogens with one attached hydrogen (secondary N) is 1. The van der Waals surface area contributed by atoms with Crippen LogP contribution in [0, 0.1) is 11.8 Å². The molecule has 5 atom stereocenters. The molecule has 0 saturated carbocycles. The van der Waals surface area contributed by atoms with Crippen LogP contribution in [0.15, 0.2) is 48.5 Å². The van der Waals surface area contributed by atoms with Crippen molar-refractivity contribution in [2.75, 3.05) is 0 Å². The largest absolute Gasteiger partial charge is 0.389 e. The number of halogens is 2. The van der Waals surface area contributed by atoms with Gasteiger partial charge in [-0.15, -0.1) is 0 Å². The average Bonchev–Trinajstić information content (AvgIpc) is 2.62. The first-order valence-corrected chi connectivity index (χ1v) is 10.1. The Kier molecular flexibility index (Phi) is 5.98. The Hall–Kier alpha value is -1.06. The topological polar surface area (TPSA) is 32.3 Å². The van der Waals surface area contributed by atoms with Crippen molar-refractivity contribution in [3.05, 3.63) is 69.7 Å². The summed E-state index contributed by atoms with van der Waals surface area (Å²) in [6.45, 7) is 6.29. The van der Waals surface area contributed by atoms with E-state index in [-0.39, 0.29) is 23.9 Å². The van der Waals surface area contributed by atoms with Gasteiger partial charge < -0.3 is 10.4 Å². The maximum atomic E-state index is 11.5. The maximum absolute atomic E-state index is 11.5. The number of hydrogen-bond donors (Lipinski definition) is 2. The number of hydrogen-bond acceptors (Lipinski definition) is 2. The minimum atomic E-state index is -0.782. The van der Waals surface area contributed by atoms with Gasteiger partial charge in [-0.1, -0.05) is 67.7 Å². The summed E-state index contributed by atoms with van der Waals surface area (Å²) in [5.74, 6) is 0.205. The lowest BCUT2D eigenvalue weighted by Gasteiger charge is -2.52. The first-order valence-electron chi connectivity index (χ1n) is 9.34. The van der Waals surface area contributed by atoms with Crippen LogP contribution < -0.4 is 5.32 Å². The summed E-state index contributed by atoms with van der Waals surface area (Å²) in [6.07, 6.45) is 2.00. The minimum absolute atomic E-state index is 0.0519. The molecule has 140 valence electrons. The summed E-state index contributed by atoms with van der Waals surface area (Å²) < 4.78 is 0. The third-order valence-corrected chi connectivity index (χ3v) is 6.50. The molecule has 1 heterocycles. The summed E-state index contributed by atoms with van der Waals surface area (Å²) in [4.78, 5) is 0. The molecule has 0 unspecified atom stereocenters. The minimum Gasteiger partial charge on any atom is -0.389 e. The van der Waals surface area contributed by atoms with E-state index in [1.807, 2.05) is 43.3 Å². The van der Waals surface area contributed by atoms with Crippen LogP contribution in [0.4, 0.5) is 0 Å². The molecular formula is C22H27Cl2NO. The fourth-order valence-corrected chi connectivity index (χ4v) is 4.54. The van der Waals surface area contributed by atoms with E-state index < -0.39 is 5.60 Å². The normalized spacial score (nSPS) is 31.8. The lowest BCUT2D eigenvalue weighted by atomic mass is 9.65. The second-order valence-corrected chi connectivity index (χ2v) is 8.51. The van der Waals surface area contributed by atoms with Crippen molar-refractivity contribution in [1.82, 2.24) is 5.32 Å². The molecule has 0 radical (unpaired) electrons. The molecule has 2 N–H and O–H groups in total. The molecule has 1 aliphatic heterocycles. The highest BCUT2D eigenvalue weighted by atomic mass is 35.5. The standard InChI is InChI=1S/C22H27Cl2NO/c1-4-5-19-21(16-8-12-18(24)13-9-16)25-20(14(2)22(19,3)26)15-6-10-17(23)11-7-15/h6-14,19-21,25-26H,4-5H2,1-3H3/t14-,19-,20+,21+,22+/m1/s1. The molecule has 2 aromatic carbocycles. The van der Waals surface area contributed by atoms with Crippen LogP contribution >= 0.6 is 23.2 Å². The zero-order valence-corrected chi connectivity index (χ0v) is 17.1. The van der Waals surface area contributed by atoms with Gasteiger partial charge in [0.15, 0.2) is 0 Å². The molecule has 0 bridgehead atoms. The molecule has 3 rings (SSSR count). The van der Waals surface area contributed by atoms with Gasteiger partial charge in [0.2, 0.25) is 0 Å². The Morgan fingerprint density at radius 1 is 0.923 bits per heavy atom. The van der Waals surface area contributed by atoms with Crippen LogP contribution in [0.5, 0.6) is 0 Å². The molecule has 2 aromatic rings. The van der Waals surface area contributed by atoms with Gasteiger partial charge in [-0.05, 0) is 48.7 Å². The highest BCUT2D eigenvalue weighted by Gasteiger charge is 2.49. The van der Waals surface area contributed by atoms with Crippen LogP contribution in [0.3, 0.4) is 0 Å². The first-order chi connectivity index (χ1) is 12.3. The SMILES string of the molecule is CCC[C@@H]1[C@H](c2ccc(Cl)cc2)N[C@H](c2ccc(Cl)cc2)[C@@H](C)[C@]1(C)O. The molecular weight excluding hydrogens is 365 g/mol. The predicted molar refractivity (Wildman–Crippen MR) is 110 cm³/mol. The average molecular weight is 392 g/mol. The van der Waals surface area contributed by atoms with E-state index in [9.17, 15) is 5.11 Å². The maximum Gasteiger partial charge on any atom is 0.0709 e. The van der Waals surface area contributed by atoms with Crippen LogP contribution in [0.1, 0.15) is 56.8 Å². The quantitative estimate of drug-likeness (QED) is 0.651. The number of aliphatic hydroxyl groups is 1. The van der Waals surface area contributed by atoms with Gasteiger partial charge in [0.25, 0.3) is 0 Å². The van der Waals surface area contributed by atoms with Gasteiger partial charge in [0, 0.05) is 34.0 Å². The number of rotatable bonds is 4. The molecule has 0 amide bonds. The van der Waals surface area contributed by atoms with Crippen molar-refractivity contribution in [2.24, 2.45) is 11.8 Å². The van der Waals surface area contributed by atoms with E-state index in [2.05, 4.69) is 31.3 Å². The van der Waals surface area contributed by atoms with Crippen molar-refractivity contribution in [1.29, 1.82) is 0 Å². The molecule has 1 saturated heterocycles. The Morgan fingerprint density at radius 2 is 1.38 bits per heavy atom. The highest BCUT2D eigenvalue weighted by Crippen LogP contribution is 2.48. The van der Waals surface area contributed by atoms with E-state index in [0.29, 0.717) is 0 Å². The molecule has 1 aliphatic rings. The predicted octanol–water partition coefficient (Wildman–Crippen LogP) is 6.18. The molecule has 0 spiro atoms. The number of benzene rings is 2. The van der Waals surface area contributed by atoms with Crippen LogP contribution in [-0.2, 0) is 0 Å². The molecule has 2 nitrogen and oxygen atoms in total. The molecule has 4 heteroatoms. The van der Waals surface area contributed by atoms with Crippen molar-refractivity contribution < 1.29 is 5.11 Å². The molecule has 1 fully saturated rings. The summed E-state index contributed by atoms with van der Waals surface area (Å²) in [6, 6.07) is 16.0. The summed E-state index contributed by atoms with van der Waals surface area (Å²) >= 11 is 12.1. The Balaban J connectivity index is 2.01. The van der Waals surface area contributed by atoms with E-state index in [1.165, 1.54) is 5.56 Å². The zero-order valence-electron chi connectivity index (χ0n) is 15.5. The lowest BCUT2D eigenvalue weighted by Crippen LogP contribution is -2.56. The van der Waals surface area contributed by atoms with Gasteiger partial charge >= 0.3 is 0 Å². The van der Waals surface area contributed by atoms with E-state index in [0.717, 1.165) is 28.5 Å². The zero-order chi connectivity index (χ0) is 18.9. The van der Waals surface area contributed by atoms with Gasteiger partial charge in [0.05, 0.1) is 5.60 Å². The van der Waals surface area contributed by atoms with Crippen LogP contribution in [-0.4, -0.2) is 10.7 Å². The second-order valence-electron chi connectivity index (χ2n) is 7.63. The third-order valence-electron chi connectivity index (χ3n) is 5.99. The van der Waals surface area contributed by atoms with Crippen LogP contribution in [0.2, 0.25) is 10.0 Å². The van der Waals surface area contributed by atoms with E-state index in [1.54, 1.807) is 0 Å². The molecule has 26 heavy (non-hydrogen) atoms. The Bertz CT molecular complexity index is 727. The van der Waals surface area contributed by atoms with Gasteiger partial charge in [-0.3, -0.25) is 0 Å². The van der Waals surface area contributed by atoms with Gasteiger partial charge in [-0.25, -0.2) is 0 Å². The van der Waals surface area contributed by atoms with Crippen molar-refractivity contribution >= 4 is 23.2 Å². The third kappa shape index (κ3) is 3.80. The van der Waals surface area contributed by atoms with Crippen molar-refractivity contribution in [2.45, 2.75) is 51.3 Å². The van der Waals surface area contributed by atoms with E-state index in [4.69, 9.17) is 23.2 Å². The molecule has 0 aliphatic carbocycles. The summed E-state index contributed by atoms with van der Waals surface area (Å²) in [5, 5.41) is 16.8.